The van der Waals surface area contributed by atoms with Crippen molar-refractivity contribution in [3.8, 4) is 0 Å². The molecule has 0 atom stereocenters. The van der Waals surface area contributed by atoms with Gasteiger partial charge in [-0.1, -0.05) is 0 Å². The Labute approximate surface area is 107 Å². The van der Waals surface area contributed by atoms with Crippen LogP contribution in [-0.2, 0) is 16.6 Å². The topological polar surface area (TPSA) is 58.2 Å². The van der Waals surface area contributed by atoms with Crippen LogP contribution in [0.5, 0.6) is 0 Å². The fourth-order valence-electron chi connectivity index (χ4n) is 1.77. The summed E-state index contributed by atoms with van der Waals surface area (Å²) in [4.78, 5) is 0.138. The van der Waals surface area contributed by atoms with Gasteiger partial charge in [-0.2, -0.15) is 0 Å². The maximum Gasteiger partial charge on any atom is 0.240 e. The number of nitrogens with one attached hydrogen (secondary N) is 2. The minimum atomic E-state index is -3.52. The van der Waals surface area contributed by atoms with Crippen molar-refractivity contribution in [2.24, 2.45) is 0 Å². The van der Waals surface area contributed by atoms with Gasteiger partial charge in [0.2, 0.25) is 10.0 Å². The number of aryl methyl sites for hydroxylation is 1. The smallest absolute Gasteiger partial charge is 0.240 e. The third kappa shape index (κ3) is 2.88. The molecule has 2 N–H and O–H groups in total. The third-order valence-electron chi connectivity index (χ3n) is 2.88. The molecule has 0 spiro atoms. The predicted octanol–water partition coefficient (Wildman–Crippen LogP) is 1.29. The number of hydrogen-bond acceptors (Lipinski definition) is 3. The summed E-state index contributed by atoms with van der Waals surface area (Å²) in [5.41, 5.74) is 0.715. The van der Waals surface area contributed by atoms with Gasteiger partial charge >= 0.3 is 0 Å². The van der Waals surface area contributed by atoms with E-state index in [9.17, 15) is 12.8 Å². The van der Waals surface area contributed by atoms with Crippen LogP contribution in [0.25, 0.3) is 0 Å². The number of hydrogen-bond donors (Lipinski definition) is 2. The lowest BCUT2D eigenvalue weighted by molar-refractivity contribution is 0.575. The van der Waals surface area contributed by atoms with E-state index >= 15 is 0 Å². The molecule has 4 nitrogen and oxygen atoms in total. The van der Waals surface area contributed by atoms with Gasteiger partial charge in [0.1, 0.15) is 5.82 Å². The van der Waals surface area contributed by atoms with Gasteiger partial charge in [0.05, 0.1) is 4.90 Å². The van der Waals surface area contributed by atoms with Crippen LogP contribution in [0.3, 0.4) is 0 Å². The molecule has 2 rings (SSSR count). The van der Waals surface area contributed by atoms with Crippen molar-refractivity contribution in [2.75, 3.05) is 7.05 Å². The molecule has 1 saturated carbocycles. The van der Waals surface area contributed by atoms with Crippen LogP contribution in [0.1, 0.15) is 24.0 Å². The van der Waals surface area contributed by atoms with E-state index in [1.54, 1.807) is 14.0 Å². The standard InChI is InChI=1S/C12H17FN2O2S/c1-8-5-11(6-9(7-14-2)12(8)13)18(16,17)15-10-3-4-10/h5-6,10,14-15H,3-4,7H2,1-2H3. The van der Waals surface area contributed by atoms with Crippen molar-refractivity contribution >= 4 is 10.0 Å². The van der Waals surface area contributed by atoms with E-state index in [1.165, 1.54) is 12.1 Å². The van der Waals surface area contributed by atoms with E-state index in [4.69, 9.17) is 0 Å². The van der Waals surface area contributed by atoms with Gasteiger partial charge in [-0.25, -0.2) is 17.5 Å². The molecule has 0 bridgehead atoms. The summed E-state index contributed by atoms with van der Waals surface area (Å²) >= 11 is 0. The second kappa shape index (κ2) is 4.95. The van der Waals surface area contributed by atoms with E-state index in [1.807, 2.05) is 0 Å². The van der Waals surface area contributed by atoms with Crippen LogP contribution in [0.2, 0.25) is 0 Å². The fraction of sp³-hybridized carbons (Fsp3) is 0.500. The highest BCUT2D eigenvalue weighted by Crippen LogP contribution is 2.24. The maximum atomic E-state index is 13.8. The number of rotatable bonds is 5. The van der Waals surface area contributed by atoms with Crippen molar-refractivity contribution < 1.29 is 12.8 Å². The summed E-state index contributed by atoms with van der Waals surface area (Å²) in [5.74, 6) is -0.352. The van der Waals surface area contributed by atoms with Crippen molar-refractivity contribution in [3.05, 3.63) is 29.1 Å². The highest BCUT2D eigenvalue weighted by atomic mass is 32.2. The van der Waals surface area contributed by atoms with Gasteiger partial charge in [-0.15, -0.1) is 0 Å². The van der Waals surface area contributed by atoms with Crippen LogP contribution < -0.4 is 10.0 Å². The van der Waals surface area contributed by atoms with E-state index in [0.717, 1.165) is 12.8 Å². The van der Waals surface area contributed by atoms with E-state index in [0.29, 0.717) is 17.7 Å². The molecule has 0 aromatic heterocycles. The lowest BCUT2D eigenvalue weighted by atomic mass is 10.1. The third-order valence-corrected chi connectivity index (χ3v) is 4.38. The monoisotopic (exact) mass is 272 g/mol. The first-order valence-corrected chi connectivity index (χ1v) is 7.38. The van der Waals surface area contributed by atoms with Crippen molar-refractivity contribution in [2.45, 2.75) is 37.2 Å². The van der Waals surface area contributed by atoms with Crippen molar-refractivity contribution in [1.82, 2.24) is 10.0 Å². The average molecular weight is 272 g/mol. The first-order chi connectivity index (χ1) is 8.44. The van der Waals surface area contributed by atoms with E-state index in [2.05, 4.69) is 10.0 Å². The molecule has 1 aliphatic rings. The van der Waals surface area contributed by atoms with Gasteiger partial charge in [0.25, 0.3) is 0 Å². The normalized spacial score (nSPS) is 15.9. The molecule has 100 valence electrons. The molecule has 0 aliphatic heterocycles. The average Bonchev–Trinajstić information content (AvgIpc) is 3.07. The summed E-state index contributed by atoms with van der Waals surface area (Å²) in [6.45, 7) is 1.88. The Bertz CT molecular complexity index is 553. The quantitative estimate of drug-likeness (QED) is 0.849. The second-order valence-electron chi connectivity index (χ2n) is 4.64. The second-order valence-corrected chi connectivity index (χ2v) is 6.35. The van der Waals surface area contributed by atoms with E-state index < -0.39 is 10.0 Å². The summed E-state index contributed by atoms with van der Waals surface area (Å²) in [7, 11) is -1.83. The molecule has 18 heavy (non-hydrogen) atoms. The molecular weight excluding hydrogens is 255 g/mol. The SMILES string of the molecule is CNCc1cc(S(=O)(=O)NC2CC2)cc(C)c1F. The molecule has 1 aromatic rings. The van der Waals surface area contributed by atoms with Gasteiger partial charge in [-0.05, 0) is 44.5 Å². The lowest BCUT2D eigenvalue weighted by Crippen LogP contribution is -2.26. The highest BCUT2D eigenvalue weighted by Gasteiger charge is 2.28. The molecule has 0 unspecified atom stereocenters. The van der Waals surface area contributed by atoms with Crippen LogP contribution >= 0.6 is 0 Å². The van der Waals surface area contributed by atoms with Gasteiger partial charge in [-0.3, -0.25) is 0 Å². The molecule has 1 fully saturated rings. The Morgan fingerprint density at radius 2 is 2.06 bits per heavy atom. The number of sulfonamides is 1. The molecule has 0 amide bonds. The van der Waals surface area contributed by atoms with Gasteiger partial charge in [0.15, 0.2) is 0 Å². The molecule has 6 heteroatoms. The zero-order valence-corrected chi connectivity index (χ0v) is 11.3. The fourth-order valence-corrected chi connectivity index (χ4v) is 3.21. The van der Waals surface area contributed by atoms with Crippen molar-refractivity contribution in [1.29, 1.82) is 0 Å². The van der Waals surface area contributed by atoms with Crippen LogP contribution in [-0.4, -0.2) is 21.5 Å². The molecule has 0 saturated heterocycles. The summed E-state index contributed by atoms with van der Waals surface area (Å²) in [6.07, 6.45) is 1.76. The van der Waals surface area contributed by atoms with Crippen molar-refractivity contribution in [3.63, 3.8) is 0 Å². The first kappa shape index (κ1) is 13.5. The van der Waals surface area contributed by atoms with Gasteiger partial charge < -0.3 is 5.32 Å². The number of halogens is 1. The first-order valence-electron chi connectivity index (χ1n) is 5.90. The Hall–Kier alpha value is -0.980. The zero-order chi connectivity index (χ0) is 13.3. The summed E-state index contributed by atoms with van der Waals surface area (Å²) in [5, 5.41) is 2.83. The van der Waals surface area contributed by atoms with Crippen LogP contribution in [0.15, 0.2) is 17.0 Å². The Morgan fingerprint density at radius 3 is 2.61 bits per heavy atom. The minimum absolute atomic E-state index is 0.0492. The molecule has 1 aromatic carbocycles. The van der Waals surface area contributed by atoms with Crippen LogP contribution in [0.4, 0.5) is 4.39 Å². The summed E-state index contributed by atoms with van der Waals surface area (Å²) in [6, 6.07) is 2.82. The number of benzene rings is 1. The largest absolute Gasteiger partial charge is 0.316 e. The highest BCUT2D eigenvalue weighted by molar-refractivity contribution is 7.89. The molecule has 1 aliphatic carbocycles. The lowest BCUT2D eigenvalue weighted by Gasteiger charge is -2.10. The Morgan fingerprint density at radius 1 is 1.39 bits per heavy atom. The maximum absolute atomic E-state index is 13.8. The molecular formula is C12H17FN2O2S. The van der Waals surface area contributed by atoms with Gasteiger partial charge in [0, 0.05) is 18.2 Å². The molecule has 0 heterocycles. The molecule has 0 radical (unpaired) electrons. The van der Waals surface area contributed by atoms with Crippen LogP contribution in [0, 0.1) is 12.7 Å². The van der Waals surface area contributed by atoms with E-state index in [-0.39, 0.29) is 16.8 Å². The Balaban J connectivity index is 2.37. The predicted molar refractivity (Wildman–Crippen MR) is 67.2 cm³/mol. The Kier molecular flexibility index (Phi) is 3.70. The zero-order valence-electron chi connectivity index (χ0n) is 10.5. The minimum Gasteiger partial charge on any atom is -0.316 e. The summed E-state index contributed by atoms with van der Waals surface area (Å²) < 4.78 is 40.5.